The first kappa shape index (κ1) is 44.4. The van der Waals surface area contributed by atoms with Gasteiger partial charge >= 0.3 is 11.4 Å². The van der Waals surface area contributed by atoms with E-state index in [0.29, 0.717) is 27.6 Å². The summed E-state index contributed by atoms with van der Waals surface area (Å²) in [6.07, 6.45) is 1.75. The molecule has 1 saturated carbocycles. The van der Waals surface area contributed by atoms with Crippen LogP contribution in [0.5, 0.6) is 11.5 Å². The second-order valence-electron chi connectivity index (χ2n) is 18.1. The molecule has 4 amide bonds. The molecule has 10 rings (SSSR count). The number of nitro benzene ring substituents is 2. The van der Waals surface area contributed by atoms with E-state index in [0.717, 1.165) is 48.0 Å². The number of nitrogens with zero attached hydrogens (tertiary/aromatic N) is 7. The van der Waals surface area contributed by atoms with Crippen molar-refractivity contribution >= 4 is 85.2 Å². The van der Waals surface area contributed by atoms with Crippen molar-refractivity contribution in [2.24, 2.45) is 36.1 Å². The van der Waals surface area contributed by atoms with E-state index in [1.165, 1.54) is 41.1 Å². The summed E-state index contributed by atoms with van der Waals surface area (Å²) >= 11 is 7.84. The number of thiophene rings is 1. The van der Waals surface area contributed by atoms with Gasteiger partial charge < -0.3 is 14.7 Å². The Bertz CT molecular complexity index is 3200. The Hall–Kier alpha value is -7.44. The van der Waals surface area contributed by atoms with Crippen LogP contribution in [0.25, 0.3) is 20.7 Å². The second kappa shape index (κ2) is 16.1. The molecule has 6 unspecified atom stereocenters. The van der Waals surface area contributed by atoms with Crippen LogP contribution in [0.4, 0.5) is 28.6 Å². The van der Waals surface area contributed by atoms with E-state index in [9.17, 15) is 34.9 Å². The van der Waals surface area contributed by atoms with E-state index in [1.54, 1.807) is 44.3 Å². The van der Waals surface area contributed by atoms with Gasteiger partial charge in [-0.15, -0.1) is 11.3 Å². The van der Waals surface area contributed by atoms with Gasteiger partial charge in [0, 0.05) is 66.6 Å². The topological polar surface area (TPSA) is 212 Å². The smallest absolute Gasteiger partial charge is 0.301 e. The Morgan fingerprint density at radius 1 is 0.912 bits per heavy atom. The lowest BCUT2D eigenvalue weighted by atomic mass is 9.51. The molecule has 68 heavy (non-hydrogen) atoms. The number of phenols is 1. The number of ether oxygens (including phenoxy) is 1. The molecular formula is C49H42ClN7O10S. The van der Waals surface area contributed by atoms with Crippen LogP contribution < -0.4 is 19.4 Å². The summed E-state index contributed by atoms with van der Waals surface area (Å²) in [6, 6.07) is 23.5. The number of fused-ring (bicyclic) bond motifs is 5. The van der Waals surface area contributed by atoms with Gasteiger partial charge in [0.2, 0.25) is 23.6 Å². The molecule has 2 aromatic heterocycles. The number of amides is 4. The van der Waals surface area contributed by atoms with Gasteiger partial charge in [-0.05, 0) is 73.4 Å². The summed E-state index contributed by atoms with van der Waals surface area (Å²) < 4.78 is 8.50. The Morgan fingerprint density at radius 3 is 2.28 bits per heavy atom. The lowest BCUT2D eigenvalue weighted by molar-refractivity contribution is -0.392. The number of rotatable bonds is 10. The molecule has 2 aliphatic heterocycles. The molecule has 19 heteroatoms. The molecule has 3 fully saturated rings. The Labute approximate surface area is 397 Å². The Balaban J connectivity index is 1.07. The van der Waals surface area contributed by atoms with E-state index in [4.69, 9.17) is 21.4 Å². The van der Waals surface area contributed by atoms with Crippen LogP contribution in [0.1, 0.15) is 42.4 Å². The summed E-state index contributed by atoms with van der Waals surface area (Å²) in [5.41, 5.74) is -0.310. The van der Waals surface area contributed by atoms with Crippen molar-refractivity contribution in [3.8, 4) is 22.1 Å². The fourth-order valence-corrected chi connectivity index (χ4v) is 12.4. The standard InChI is InChI=1S/C49H42ClN7O10S/c1-24-32-17-26(50)11-16-39(32)68-44(24)35-22-40(53(5)51-35)55-46(60)34-21-33-29(42(49(34,2)48(55)62)30-13-12-28(20-38(30)58)67-23-25-9-7-6-8-10-25)14-15-31-41(33)47(61)54(45(31)59)27-18-36(56(63)64)43(52(3)4)37(19-27)57(65)66/h6-14,16-20,22,31,33-34,41-42,58H,15,21,23H2,1-5H3. The van der Waals surface area contributed by atoms with Crippen LogP contribution in [0.15, 0.2) is 96.6 Å². The molecule has 1 N–H and O–H groups in total. The molecule has 0 radical (unpaired) electrons. The maximum Gasteiger partial charge on any atom is 0.301 e. The van der Waals surface area contributed by atoms with Gasteiger partial charge in [-0.3, -0.25) is 44.1 Å². The Kier molecular flexibility index (Phi) is 10.5. The van der Waals surface area contributed by atoms with Gasteiger partial charge in [0.25, 0.3) is 0 Å². The fourth-order valence-electron chi connectivity index (χ4n) is 11.1. The number of carbonyl (C=O) groups is 4. The van der Waals surface area contributed by atoms with Crippen LogP contribution in [0.3, 0.4) is 0 Å². The number of allylic oxidation sites excluding steroid dienone is 2. The predicted molar refractivity (Wildman–Crippen MR) is 254 cm³/mol. The molecule has 6 atom stereocenters. The van der Waals surface area contributed by atoms with Crippen LogP contribution >= 0.6 is 22.9 Å². The molecule has 4 heterocycles. The molecule has 6 aromatic rings. The molecular weight excluding hydrogens is 914 g/mol. The van der Waals surface area contributed by atoms with Crippen molar-refractivity contribution in [1.29, 1.82) is 0 Å². The summed E-state index contributed by atoms with van der Waals surface area (Å²) in [5.74, 6) is -7.28. The number of aromatic nitrogens is 2. The van der Waals surface area contributed by atoms with Gasteiger partial charge in [-0.25, -0.2) is 9.80 Å². The number of hydrogen-bond donors (Lipinski definition) is 1. The predicted octanol–water partition coefficient (Wildman–Crippen LogP) is 8.87. The van der Waals surface area contributed by atoms with E-state index < -0.39 is 79.9 Å². The second-order valence-corrected chi connectivity index (χ2v) is 19.6. The summed E-state index contributed by atoms with van der Waals surface area (Å²) in [5, 5.41) is 42.9. The molecule has 4 aromatic carbocycles. The van der Waals surface area contributed by atoms with E-state index in [2.05, 4.69) is 0 Å². The number of phenolic OH excluding ortho intramolecular Hbond substituents is 1. The maximum absolute atomic E-state index is 15.4. The number of aryl methyl sites for hydroxylation is 2. The number of carbonyl (C=O) groups excluding carboxylic acids is 4. The van der Waals surface area contributed by atoms with Crippen molar-refractivity contribution in [3.05, 3.63) is 139 Å². The quantitative estimate of drug-likeness (QED) is 0.0590. The van der Waals surface area contributed by atoms with E-state index >= 15 is 9.59 Å². The summed E-state index contributed by atoms with van der Waals surface area (Å²) in [6.45, 7) is 3.86. The number of imide groups is 2. The third-order valence-corrected chi connectivity index (χ3v) is 15.7. The van der Waals surface area contributed by atoms with Crippen LogP contribution in [0, 0.1) is 56.2 Å². The van der Waals surface area contributed by atoms with E-state index in [-0.39, 0.29) is 42.4 Å². The first-order valence-corrected chi connectivity index (χ1v) is 22.9. The van der Waals surface area contributed by atoms with Gasteiger partial charge in [-0.2, -0.15) is 5.10 Å². The van der Waals surface area contributed by atoms with Crippen LogP contribution in [-0.4, -0.2) is 62.5 Å². The molecule has 346 valence electrons. The average molecular weight is 956 g/mol. The lowest BCUT2D eigenvalue weighted by Crippen LogP contribution is -2.49. The highest BCUT2D eigenvalue weighted by atomic mass is 35.5. The van der Waals surface area contributed by atoms with Gasteiger partial charge in [-0.1, -0.05) is 59.6 Å². The van der Waals surface area contributed by atoms with Crippen molar-refractivity contribution in [1.82, 2.24) is 9.78 Å². The molecule has 4 aliphatic rings. The van der Waals surface area contributed by atoms with Crippen LogP contribution in [-0.2, 0) is 32.8 Å². The fraction of sp³-hybridized carbons (Fsp3) is 0.286. The number of anilines is 3. The number of hydrogen-bond acceptors (Lipinski definition) is 13. The molecule has 17 nitrogen and oxygen atoms in total. The number of aromatic hydroxyl groups is 1. The first-order chi connectivity index (χ1) is 32.4. The zero-order chi connectivity index (χ0) is 48.2. The summed E-state index contributed by atoms with van der Waals surface area (Å²) in [7, 11) is 4.46. The van der Waals surface area contributed by atoms with Gasteiger partial charge in [0.15, 0.2) is 5.69 Å². The average Bonchev–Trinajstić information content (AvgIpc) is 3.98. The van der Waals surface area contributed by atoms with Crippen molar-refractivity contribution < 1.29 is 38.9 Å². The highest BCUT2D eigenvalue weighted by molar-refractivity contribution is 7.22. The molecule has 0 bridgehead atoms. The van der Waals surface area contributed by atoms with Gasteiger partial charge in [0.1, 0.15) is 29.6 Å². The Morgan fingerprint density at radius 2 is 1.62 bits per heavy atom. The van der Waals surface area contributed by atoms with Crippen molar-refractivity contribution in [2.45, 2.75) is 39.2 Å². The number of halogens is 1. The molecule has 2 saturated heterocycles. The minimum absolute atomic E-state index is 0.00446. The number of benzene rings is 4. The molecule has 2 aliphatic carbocycles. The maximum atomic E-state index is 15.4. The summed E-state index contributed by atoms with van der Waals surface area (Å²) in [4.78, 5) is 86.9. The highest BCUT2D eigenvalue weighted by Crippen LogP contribution is 2.65. The zero-order valence-electron chi connectivity index (χ0n) is 37.2. The minimum atomic E-state index is -1.54. The first-order valence-electron chi connectivity index (χ1n) is 21.7. The monoisotopic (exact) mass is 955 g/mol. The number of nitro groups is 2. The molecule has 0 spiro atoms. The largest absolute Gasteiger partial charge is 0.508 e. The van der Waals surface area contributed by atoms with Crippen molar-refractivity contribution in [3.63, 3.8) is 0 Å². The third-order valence-electron chi connectivity index (χ3n) is 14.2. The zero-order valence-corrected chi connectivity index (χ0v) is 38.8. The minimum Gasteiger partial charge on any atom is -0.508 e. The van der Waals surface area contributed by atoms with E-state index in [1.807, 2.05) is 49.4 Å². The SMILES string of the molecule is Cc1c(-c2cc(N3C(=O)C4CC5C(=CCC6C(=O)N(c7cc([N+](=O)[O-])c(N(C)C)c([N+](=O)[O-])c7)C(=O)C65)C(c5ccc(OCc6ccccc6)cc5O)C4(C)C3=O)n(C)n2)sc2ccc(Cl)cc12. The van der Waals surface area contributed by atoms with Gasteiger partial charge in [0.05, 0.1) is 43.6 Å². The van der Waals surface area contributed by atoms with Crippen molar-refractivity contribution in [2.75, 3.05) is 28.8 Å². The normalized spacial score (nSPS) is 23.1. The third kappa shape index (κ3) is 6.67. The van der Waals surface area contributed by atoms with Crippen LogP contribution in [0.2, 0.25) is 5.02 Å². The highest BCUT2D eigenvalue weighted by Gasteiger charge is 2.68. The lowest BCUT2D eigenvalue weighted by Gasteiger charge is -2.49.